The maximum absolute atomic E-state index is 12.1. The Labute approximate surface area is 157 Å². The zero-order valence-electron chi connectivity index (χ0n) is 14.3. The fourth-order valence-corrected chi connectivity index (χ4v) is 2.75. The second kappa shape index (κ2) is 7.66. The smallest absolute Gasteiger partial charge is 0.351 e. The Kier molecular flexibility index (Phi) is 5.29. The molecule has 0 saturated carbocycles. The monoisotopic (exact) mass is 388 g/mol. The summed E-state index contributed by atoms with van der Waals surface area (Å²) in [6.07, 6.45) is -3.71. The summed E-state index contributed by atoms with van der Waals surface area (Å²) in [7, 11) is 0. The Bertz CT molecular complexity index is 975. The summed E-state index contributed by atoms with van der Waals surface area (Å²) in [5, 5.41) is 24.1. The van der Waals surface area contributed by atoms with Crippen molar-refractivity contribution in [2.45, 2.75) is 24.2 Å². The Morgan fingerprint density at radius 2 is 2.11 bits per heavy atom. The van der Waals surface area contributed by atoms with Crippen LogP contribution in [0.4, 0.5) is 5.82 Å². The molecule has 146 valence electrons. The van der Waals surface area contributed by atoms with E-state index in [1.165, 1.54) is 24.4 Å². The van der Waals surface area contributed by atoms with Crippen LogP contribution in [0.5, 0.6) is 0 Å². The second-order valence-corrected chi connectivity index (χ2v) is 5.96. The van der Waals surface area contributed by atoms with Crippen LogP contribution < -0.4 is 11.4 Å². The van der Waals surface area contributed by atoms with Gasteiger partial charge in [-0.25, -0.2) is 9.59 Å². The fraction of sp³-hybridized carbons (Fsp3) is 0.312. The van der Waals surface area contributed by atoms with Gasteiger partial charge < -0.3 is 25.4 Å². The first kappa shape index (κ1) is 19.3. The highest BCUT2D eigenvalue weighted by Crippen LogP contribution is 2.38. The van der Waals surface area contributed by atoms with E-state index in [2.05, 4.69) is 15.0 Å². The molecule has 3 rings (SSSR count). The van der Waals surface area contributed by atoms with Crippen molar-refractivity contribution >= 4 is 11.8 Å². The van der Waals surface area contributed by atoms with Gasteiger partial charge >= 0.3 is 11.7 Å². The number of carbonyl (C=O) groups excluding carboxylic acids is 1. The largest absolute Gasteiger partial charge is 0.459 e. The Morgan fingerprint density at radius 3 is 2.75 bits per heavy atom. The maximum Gasteiger partial charge on any atom is 0.351 e. The van der Waals surface area contributed by atoms with Crippen LogP contribution in [0.3, 0.4) is 0 Å². The van der Waals surface area contributed by atoms with Crippen molar-refractivity contribution in [3.05, 3.63) is 69.1 Å². The van der Waals surface area contributed by atoms with E-state index in [1.807, 2.05) is 0 Å². The number of nitrogen functional groups attached to an aromatic ring is 1. The van der Waals surface area contributed by atoms with Crippen LogP contribution in [-0.4, -0.2) is 50.3 Å². The maximum atomic E-state index is 12.1. The number of anilines is 1. The van der Waals surface area contributed by atoms with Crippen molar-refractivity contribution in [2.24, 2.45) is 5.11 Å². The zero-order valence-corrected chi connectivity index (χ0v) is 14.3. The highest BCUT2D eigenvalue weighted by molar-refractivity contribution is 5.89. The van der Waals surface area contributed by atoms with E-state index >= 15 is 0 Å². The van der Waals surface area contributed by atoms with Crippen LogP contribution in [-0.2, 0) is 9.47 Å². The van der Waals surface area contributed by atoms with Gasteiger partial charge in [0, 0.05) is 11.1 Å². The lowest BCUT2D eigenvalue weighted by Crippen LogP contribution is -2.45. The lowest BCUT2D eigenvalue weighted by molar-refractivity contribution is -0.127. The summed E-state index contributed by atoms with van der Waals surface area (Å²) >= 11 is 0. The van der Waals surface area contributed by atoms with Crippen molar-refractivity contribution in [1.82, 2.24) is 9.55 Å². The van der Waals surface area contributed by atoms with Crippen LogP contribution in [0.1, 0.15) is 16.6 Å². The molecule has 1 aromatic heterocycles. The number of nitrogens with two attached hydrogens (primary N) is 1. The number of aliphatic hydroxyl groups excluding tert-OH is 2. The molecule has 1 aromatic carbocycles. The number of rotatable bonds is 5. The fourth-order valence-electron chi connectivity index (χ4n) is 2.75. The first-order chi connectivity index (χ1) is 13.4. The molecule has 2 heterocycles. The molecule has 1 aliphatic rings. The number of carbonyl (C=O) groups is 1. The third kappa shape index (κ3) is 3.52. The molecule has 0 radical (unpaired) electrons. The molecule has 1 fully saturated rings. The SMILES string of the molecule is [N-]=[N+]=N[C@]1(COC(=O)c2ccccc2)O[C@H](n2ccc(N)nc2=O)[C@H](O)[C@@H]1O. The lowest BCUT2D eigenvalue weighted by atomic mass is 10.1. The van der Waals surface area contributed by atoms with E-state index < -0.39 is 42.4 Å². The zero-order chi connectivity index (χ0) is 20.3. The first-order valence-electron chi connectivity index (χ1n) is 8.05. The van der Waals surface area contributed by atoms with Gasteiger partial charge in [0.1, 0.15) is 24.6 Å². The Balaban J connectivity index is 1.86. The third-order valence-corrected chi connectivity index (χ3v) is 4.16. The molecule has 0 amide bonds. The minimum atomic E-state index is -2.15. The highest BCUT2D eigenvalue weighted by atomic mass is 16.6. The molecule has 12 heteroatoms. The molecule has 1 aliphatic heterocycles. The second-order valence-electron chi connectivity index (χ2n) is 5.96. The van der Waals surface area contributed by atoms with Gasteiger partial charge in [-0.1, -0.05) is 23.3 Å². The number of esters is 1. The summed E-state index contributed by atoms with van der Waals surface area (Å²) < 4.78 is 11.5. The van der Waals surface area contributed by atoms with Gasteiger partial charge in [-0.05, 0) is 23.7 Å². The van der Waals surface area contributed by atoms with Crippen molar-refractivity contribution < 1.29 is 24.5 Å². The lowest BCUT2D eigenvalue weighted by Gasteiger charge is -2.26. The van der Waals surface area contributed by atoms with Crippen LogP contribution in [0.25, 0.3) is 10.4 Å². The molecule has 28 heavy (non-hydrogen) atoms. The summed E-state index contributed by atoms with van der Waals surface area (Å²) in [6, 6.07) is 9.26. The standard InChI is InChI=1S/C16H16N6O6/c17-10-6-7-22(15(26)19-10)13-11(23)12(24)16(28-13,20-21-18)8-27-14(25)9-4-2-1-3-5-9/h1-7,11-13,23-24H,8H2,(H2,17,19,26)/t11-,12+,13+,16-/m1/s1. The predicted octanol–water partition coefficient (Wildman–Crippen LogP) is -0.0603. The number of hydrogen-bond acceptors (Lipinski definition) is 9. The number of benzene rings is 1. The molecule has 0 unspecified atom stereocenters. The average molecular weight is 388 g/mol. The van der Waals surface area contributed by atoms with Gasteiger partial charge in [-0.2, -0.15) is 4.98 Å². The van der Waals surface area contributed by atoms with Gasteiger partial charge in [0.15, 0.2) is 6.23 Å². The van der Waals surface area contributed by atoms with E-state index in [0.717, 1.165) is 4.57 Å². The number of azide groups is 1. The minimum Gasteiger partial charge on any atom is -0.459 e. The van der Waals surface area contributed by atoms with Gasteiger partial charge in [-0.3, -0.25) is 4.57 Å². The van der Waals surface area contributed by atoms with Crippen LogP contribution >= 0.6 is 0 Å². The normalized spacial score (nSPS) is 26.4. The highest BCUT2D eigenvalue weighted by Gasteiger charge is 2.56. The molecule has 4 N–H and O–H groups in total. The molecular formula is C16H16N6O6. The van der Waals surface area contributed by atoms with Crippen LogP contribution in [0.2, 0.25) is 0 Å². The number of aromatic nitrogens is 2. The van der Waals surface area contributed by atoms with E-state index in [1.54, 1.807) is 18.2 Å². The molecule has 0 bridgehead atoms. The number of aliphatic hydroxyl groups is 2. The summed E-state index contributed by atoms with van der Waals surface area (Å²) in [5.74, 6) is -0.805. The van der Waals surface area contributed by atoms with Gasteiger partial charge in [0.25, 0.3) is 0 Å². The molecule has 2 aromatic rings. The van der Waals surface area contributed by atoms with Crippen LogP contribution in [0, 0.1) is 0 Å². The molecular weight excluding hydrogens is 372 g/mol. The van der Waals surface area contributed by atoms with Crippen molar-refractivity contribution in [3.63, 3.8) is 0 Å². The summed E-state index contributed by atoms with van der Waals surface area (Å²) in [5.41, 5.74) is 11.5. The van der Waals surface area contributed by atoms with E-state index in [0.29, 0.717) is 0 Å². The third-order valence-electron chi connectivity index (χ3n) is 4.16. The van der Waals surface area contributed by atoms with Crippen LogP contribution in [0.15, 0.2) is 52.5 Å². The Hall–Kier alpha value is -3.44. The summed E-state index contributed by atoms with van der Waals surface area (Å²) in [6.45, 7) is -0.698. The van der Waals surface area contributed by atoms with E-state index in [9.17, 15) is 19.8 Å². The molecule has 0 aliphatic carbocycles. The molecule has 12 nitrogen and oxygen atoms in total. The number of nitrogens with zero attached hydrogens (tertiary/aromatic N) is 5. The number of hydrogen-bond donors (Lipinski definition) is 3. The summed E-state index contributed by atoms with van der Waals surface area (Å²) in [4.78, 5) is 30.3. The topological polar surface area (TPSA) is 186 Å². The average Bonchev–Trinajstić information content (AvgIpc) is 2.93. The van der Waals surface area contributed by atoms with Crippen molar-refractivity contribution in [2.75, 3.05) is 12.3 Å². The Morgan fingerprint density at radius 1 is 1.39 bits per heavy atom. The van der Waals surface area contributed by atoms with Gasteiger partial charge in [0.05, 0.1) is 5.56 Å². The quantitative estimate of drug-likeness (QED) is 0.275. The molecule has 4 atom stereocenters. The predicted molar refractivity (Wildman–Crippen MR) is 93.6 cm³/mol. The van der Waals surface area contributed by atoms with E-state index in [4.69, 9.17) is 20.7 Å². The van der Waals surface area contributed by atoms with Gasteiger partial charge in [-0.15, -0.1) is 0 Å². The minimum absolute atomic E-state index is 0.0487. The molecule has 1 saturated heterocycles. The van der Waals surface area contributed by atoms with E-state index in [-0.39, 0.29) is 11.4 Å². The first-order valence-corrected chi connectivity index (χ1v) is 8.05. The molecule has 0 spiro atoms. The van der Waals surface area contributed by atoms with Crippen molar-refractivity contribution in [3.8, 4) is 0 Å². The number of ether oxygens (including phenoxy) is 2. The van der Waals surface area contributed by atoms with Gasteiger partial charge in [0.2, 0.25) is 5.72 Å². The van der Waals surface area contributed by atoms with Crippen molar-refractivity contribution in [1.29, 1.82) is 0 Å².